The van der Waals surface area contributed by atoms with E-state index in [4.69, 9.17) is 23.5 Å². The number of aromatic nitrogens is 2. The van der Waals surface area contributed by atoms with Gasteiger partial charge < -0.3 is 23.5 Å². The van der Waals surface area contributed by atoms with Crippen molar-refractivity contribution >= 4 is 0 Å². The van der Waals surface area contributed by atoms with Gasteiger partial charge in [-0.05, 0) is 23.8 Å². The van der Waals surface area contributed by atoms with E-state index in [0.29, 0.717) is 46.4 Å². The lowest BCUT2D eigenvalue weighted by Crippen LogP contribution is -1.99. The van der Waals surface area contributed by atoms with Crippen molar-refractivity contribution in [3.8, 4) is 46.2 Å². The van der Waals surface area contributed by atoms with E-state index in [9.17, 15) is 5.26 Å². The van der Waals surface area contributed by atoms with Gasteiger partial charge in [0.15, 0.2) is 18.3 Å². The number of hydrogen-bond donors (Lipinski definition) is 0. The number of methoxy groups -OCH3 is 2. The first kappa shape index (κ1) is 21.9. The number of nitriles is 1. The van der Waals surface area contributed by atoms with Crippen LogP contribution in [0.4, 0.5) is 0 Å². The molecule has 0 bridgehead atoms. The first-order chi connectivity index (χ1) is 16.2. The molecule has 0 aliphatic carbocycles. The van der Waals surface area contributed by atoms with Gasteiger partial charge in [-0.25, -0.2) is 0 Å². The molecule has 4 aromatic rings. The number of ether oxygens (including phenoxy) is 4. The molecule has 0 radical (unpaired) electrons. The Balaban J connectivity index is 1.62. The monoisotopic (exact) mass is 443 g/mol. The highest BCUT2D eigenvalue weighted by Gasteiger charge is 2.19. The van der Waals surface area contributed by atoms with Crippen LogP contribution in [0.15, 0.2) is 71.3 Å². The second kappa shape index (κ2) is 10.3. The largest absolute Gasteiger partial charge is 0.493 e. The molecule has 33 heavy (non-hydrogen) atoms. The zero-order valence-corrected chi connectivity index (χ0v) is 18.1. The minimum atomic E-state index is 0.130. The number of hydrogen-bond acceptors (Lipinski definition) is 8. The van der Waals surface area contributed by atoms with Gasteiger partial charge in [0, 0.05) is 18.7 Å². The van der Waals surface area contributed by atoms with Gasteiger partial charge in [-0.1, -0.05) is 47.6 Å². The van der Waals surface area contributed by atoms with Gasteiger partial charge >= 0.3 is 0 Å². The molecular formula is C25H21N3O5. The van der Waals surface area contributed by atoms with Gasteiger partial charge in [-0.2, -0.15) is 10.2 Å². The standard InChI is InChI=1S/C25H21N3O5/c1-29-16-32-20-10-6-9-18(11-20)24-27-25(33-28-24)21-13-22(30-2)23(12-19(21)14-26)31-15-17-7-4-3-5-8-17/h3-13H,15-16H2,1-2H3. The Morgan fingerprint density at radius 2 is 1.79 bits per heavy atom. The molecule has 0 amide bonds. The fraction of sp³-hybridized carbons (Fsp3) is 0.160. The van der Waals surface area contributed by atoms with Gasteiger partial charge in [0.25, 0.3) is 5.89 Å². The van der Waals surface area contributed by atoms with E-state index < -0.39 is 0 Å². The van der Waals surface area contributed by atoms with Crippen LogP contribution < -0.4 is 14.2 Å². The summed E-state index contributed by atoms with van der Waals surface area (Å²) >= 11 is 0. The molecule has 0 saturated heterocycles. The van der Waals surface area contributed by atoms with Crippen LogP contribution in [0.25, 0.3) is 22.8 Å². The van der Waals surface area contributed by atoms with Crippen LogP contribution >= 0.6 is 0 Å². The van der Waals surface area contributed by atoms with E-state index in [1.165, 1.54) is 7.11 Å². The van der Waals surface area contributed by atoms with Crippen LogP contribution in [-0.4, -0.2) is 31.2 Å². The molecule has 0 saturated carbocycles. The van der Waals surface area contributed by atoms with Crippen LogP contribution in [0, 0.1) is 11.3 Å². The molecule has 8 heteroatoms. The molecule has 166 valence electrons. The third-order valence-corrected chi connectivity index (χ3v) is 4.75. The molecule has 0 fully saturated rings. The third kappa shape index (κ3) is 5.11. The van der Waals surface area contributed by atoms with Gasteiger partial charge in [0.2, 0.25) is 5.82 Å². The maximum Gasteiger partial charge on any atom is 0.259 e. The maximum absolute atomic E-state index is 9.73. The topological polar surface area (TPSA) is 99.6 Å². The second-order valence-electron chi connectivity index (χ2n) is 6.94. The number of rotatable bonds is 9. The first-order valence-corrected chi connectivity index (χ1v) is 10.1. The maximum atomic E-state index is 9.73. The molecule has 0 atom stereocenters. The molecule has 0 spiro atoms. The molecule has 4 rings (SSSR count). The Labute approximate surface area is 190 Å². The Kier molecular flexibility index (Phi) is 6.83. The van der Waals surface area contributed by atoms with Crippen molar-refractivity contribution in [1.82, 2.24) is 10.1 Å². The van der Waals surface area contributed by atoms with Crippen molar-refractivity contribution in [3.05, 3.63) is 77.9 Å². The number of benzene rings is 3. The van der Waals surface area contributed by atoms with E-state index >= 15 is 0 Å². The summed E-state index contributed by atoms with van der Waals surface area (Å²) in [5.74, 6) is 2.07. The van der Waals surface area contributed by atoms with Gasteiger partial charge in [0.05, 0.1) is 18.2 Å². The zero-order valence-electron chi connectivity index (χ0n) is 18.1. The molecular weight excluding hydrogens is 422 g/mol. The zero-order chi connectivity index (χ0) is 23.0. The minimum absolute atomic E-state index is 0.130. The number of nitrogens with zero attached hydrogens (tertiary/aromatic N) is 3. The molecule has 8 nitrogen and oxygen atoms in total. The summed E-state index contributed by atoms with van der Waals surface area (Å²) < 4.78 is 27.2. The van der Waals surface area contributed by atoms with Gasteiger partial charge in [-0.3, -0.25) is 0 Å². The summed E-state index contributed by atoms with van der Waals surface area (Å²) in [6, 6.07) is 22.4. The predicted molar refractivity (Wildman–Crippen MR) is 120 cm³/mol. The summed E-state index contributed by atoms with van der Waals surface area (Å²) in [5, 5.41) is 13.8. The Bertz CT molecular complexity index is 1260. The molecule has 1 aromatic heterocycles. The fourth-order valence-corrected chi connectivity index (χ4v) is 3.14. The average Bonchev–Trinajstić information content (AvgIpc) is 3.36. The molecule has 1 heterocycles. The quantitative estimate of drug-likeness (QED) is 0.339. The summed E-state index contributed by atoms with van der Waals surface area (Å²) in [4.78, 5) is 4.47. The van der Waals surface area contributed by atoms with E-state index in [2.05, 4.69) is 16.2 Å². The highest BCUT2D eigenvalue weighted by atomic mass is 16.7. The SMILES string of the molecule is COCOc1cccc(-c2noc(-c3cc(OC)c(OCc4ccccc4)cc3C#N)n2)c1. The predicted octanol–water partition coefficient (Wildman–Crippen LogP) is 4.85. The summed E-state index contributed by atoms with van der Waals surface area (Å²) in [7, 11) is 3.08. The third-order valence-electron chi connectivity index (χ3n) is 4.75. The van der Waals surface area contributed by atoms with E-state index in [1.54, 1.807) is 31.4 Å². The van der Waals surface area contributed by atoms with Crippen LogP contribution in [0.1, 0.15) is 11.1 Å². The second-order valence-corrected chi connectivity index (χ2v) is 6.94. The van der Waals surface area contributed by atoms with E-state index in [1.807, 2.05) is 42.5 Å². The van der Waals surface area contributed by atoms with Crippen molar-refractivity contribution in [3.63, 3.8) is 0 Å². The van der Waals surface area contributed by atoms with E-state index in [0.717, 1.165) is 5.56 Å². The van der Waals surface area contributed by atoms with Crippen molar-refractivity contribution in [2.75, 3.05) is 21.0 Å². The van der Waals surface area contributed by atoms with Crippen molar-refractivity contribution < 1.29 is 23.5 Å². The van der Waals surface area contributed by atoms with Crippen LogP contribution in [-0.2, 0) is 11.3 Å². The van der Waals surface area contributed by atoms with Gasteiger partial charge in [0.1, 0.15) is 18.4 Å². The minimum Gasteiger partial charge on any atom is -0.493 e. The molecule has 0 unspecified atom stereocenters. The lowest BCUT2D eigenvalue weighted by atomic mass is 10.1. The Morgan fingerprint density at radius 3 is 2.55 bits per heavy atom. The lowest BCUT2D eigenvalue weighted by Gasteiger charge is -2.12. The van der Waals surface area contributed by atoms with Crippen LogP contribution in [0.5, 0.6) is 17.2 Å². The summed E-state index contributed by atoms with van der Waals surface area (Å²) in [5.41, 5.74) is 2.48. The normalized spacial score (nSPS) is 10.5. The first-order valence-electron chi connectivity index (χ1n) is 10.1. The highest BCUT2D eigenvalue weighted by molar-refractivity contribution is 5.70. The fourth-order valence-electron chi connectivity index (χ4n) is 3.14. The molecule has 0 aliphatic heterocycles. The Morgan fingerprint density at radius 1 is 0.939 bits per heavy atom. The summed E-state index contributed by atoms with van der Waals surface area (Å²) in [6.07, 6.45) is 0. The van der Waals surface area contributed by atoms with Gasteiger partial charge in [-0.15, -0.1) is 0 Å². The van der Waals surface area contributed by atoms with E-state index in [-0.39, 0.29) is 12.7 Å². The lowest BCUT2D eigenvalue weighted by molar-refractivity contribution is 0.0511. The molecule has 0 aliphatic rings. The molecule has 0 N–H and O–H groups in total. The highest BCUT2D eigenvalue weighted by Crippen LogP contribution is 2.36. The van der Waals surface area contributed by atoms with Crippen LogP contribution in [0.3, 0.4) is 0 Å². The Hall–Kier alpha value is -4.35. The van der Waals surface area contributed by atoms with Crippen LogP contribution in [0.2, 0.25) is 0 Å². The molecule has 3 aromatic carbocycles. The van der Waals surface area contributed by atoms with Crippen molar-refractivity contribution in [1.29, 1.82) is 5.26 Å². The smallest absolute Gasteiger partial charge is 0.259 e. The average molecular weight is 443 g/mol. The van der Waals surface area contributed by atoms with Crippen molar-refractivity contribution in [2.24, 2.45) is 0 Å². The van der Waals surface area contributed by atoms with Crippen molar-refractivity contribution in [2.45, 2.75) is 6.61 Å². The summed E-state index contributed by atoms with van der Waals surface area (Å²) in [6.45, 7) is 0.471.